The van der Waals surface area contributed by atoms with Gasteiger partial charge in [0.1, 0.15) is 22.4 Å². The van der Waals surface area contributed by atoms with Gasteiger partial charge in [0.05, 0.1) is 18.3 Å². The molecule has 1 aromatic carbocycles. The molecule has 148 valence electrons. The van der Waals surface area contributed by atoms with E-state index in [1.54, 1.807) is 6.20 Å². The molecule has 0 radical (unpaired) electrons. The maximum Gasteiger partial charge on any atom is 0.268 e. The van der Waals surface area contributed by atoms with Gasteiger partial charge in [0.25, 0.3) is 5.56 Å². The van der Waals surface area contributed by atoms with Gasteiger partial charge >= 0.3 is 0 Å². The standard InChI is InChI=1S/C21H21N5O2S/c1-13-16(10-22-25-13)18-9-17-20(29-18)21(27)24-19(23-17)12-26-8-7-15(11-26)28-14-5-3-2-4-6-14/h2-6,9-10,15H,7-8,11-12H2,1H3,(H,22,25)(H,23,24,27). The predicted molar refractivity (Wildman–Crippen MR) is 113 cm³/mol. The van der Waals surface area contributed by atoms with Gasteiger partial charge in [-0.2, -0.15) is 5.10 Å². The quantitative estimate of drug-likeness (QED) is 0.530. The van der Waals surface area contributed by atoms with Crippen LogP contribution >= 0.6 is 11.3 Å². The molecular formula is C21H21N5O2S. The zero-order valence-corrected chi connectivity index (χ0v) is 16.8. The van der Waals surface area contributed by atoms with Crippen molar-refractivity contribution in [1.29, 1.82) is 0 Å². The number of benzene rings is 1. The summed E-state index contributed by atoms with van der Waals surface area (Å²) in [6, 6.07) is 11.9. The van der Waals surface area contributed by atoms with Crippen molar-refractivity contribution in [3.8, 4) is 16.2 Å². The summed E-state index contributed by atoms with van der Waals surface area (Å²) in [6.45, 7) is 4.31. The first-order valence-electron chi connectivity index (χ1n) is 9.63. The van der Waals surface area contributed by atoms with E-state index in [2.05, 4.69) is 20.1 Å². The zero-order valence-electron chi connectivity index (χ0n) is 16.0. The lowest BCUT2D eigenvalue weighted by Gasteiger charge is -2.16. The van der Waals surface area contributed by atoms with Crippen molar-refractivity contribution in [2.75, 3.05) is 13.1 Å². The lowest BCUT2D eigenvalue weighted by molar-refractivity contribution is 0.197. The van der Waals surface area contributed by atoms with E-state index in [9.17, 15) is 4.79 Å². The first kappa shape index (κ1) is 18.1. The number of para-hydroxylation sites is 1. The number of fused-ring (bicyclic) bond motifs is 1. The number of likely N-dealkylation sites (tertiary alicyclic amines) is 1. The van der Waals surface area contributed by atoms with E-state index in [0.717, 1.165) is 46.9 Å². The summed E-state index contributed by atoms with van der Waals surface area (Å²) < 4.78 is 6.70. The minimum atomic E-state index is -0.0846. The lowest BCUT2D eigenvalue weighted by atomic mass is 10.2. The first-order chi connectivity index (χ1) is 14.2. The predicted octanol–water partition coefficient (Wildman–Crippen LogP) is 3.34. The molecular weight excluding hydrogens is 386 g/mol. The number of H-pyrrole nitrogens is 2. The molecule has 1 saturated heterocycles. The Morgan fingerprint density at radius 2 is 2.17 bits per heavy atom. The summed E-state index contributed by atoms with van der Waals surface area (Å²) >= 11 is 1.45. The second-order valence-electron chi connectivity index (χ2n) is 7.32. The van der Waals surface area contributed by atoms with Gasteiger partial charge in [-0.3, -0.25) is 14.8 Å². The van der Waals surface area contributed by atoms with E-state index in [0.29, 0.717) is 17.1 Å². The molecule has 4 aromatic rings. The molecule has 3 aromatic heterocycles. The van der Waals surface area contributed by atoms with E-state index in [1.807, 2.05) is 43.3 Å². The highest BCUT2D eigenvalue weighted by Crippen LogP contribution is 2.32. The first-order valence-corrected chi connectivity index (χ1v) is 10.4. The van der Waals surface area contributed by atoms with Crippen LogP contribution in [0.15, 0.2) is 47.4 Å². The maximum atomic E-state index is 12.6. The Balaban J connectivity index is 1.32. The zero-order chi connectivity index (χ0) is 19.8. The third-order valence-corrected chi connectivity index (χ3v) is 6.33. The fourth-order valence-electron chi connectivity index (χ4n) is 3.74. The molecule has 5 rings (SSSR count). The second-order valence-corrected chi connectivity index (χ2v) is 8.38. The Labute approximate surface area is 171 Å². The number of aromatic nitrogens is 4. The molecule has 0 amide bonds. The molecule has 0 bridgehead atoms. The van der Waals surface area contributed by atoms with Crippen molar-refractivity contribution < 1.29 is 4.74 Å². The molecule has 4 heterocycles. The molecule has 0 saturated carbocycles. The molecule has 8 heteroatoms. The number of nitrogens with one attached hydrogen (secondary N) is 2. The van der Waals surface area contributed by atoms with E-state index in [4.69, 9.17) is 9.72 Å². The number of aryl methyl sites for hydroxylation is 1. The molecule has 29 heavy (non-hydrogen) atoms. The minimum Gasteiger partial charge on any atom is -0.489 e. The van der Waals surface area contributed by atoms with Crippen LogP contribution in [0.2, 0.25) is 0 Å². The van der Waals surface area contributed by atoms with Crippen LogP contribution in [-0.2, 0) is 6.54 Å². The van der Waals surface area contributed by atoms with Crippen LogP contribution in [0.5, 0.6) is 5.75 Å². The summed E-state index contributed by atoms with van der Waals surface area (Å²) in [5.41, 5.74) is 2.64. The molecule has 0 spiro atoms. The van der Waals surface area contributed by atoms with Gasteiger partial charge in [0, 0.05) is 29.2 Å². The molecule has 2 N–H and O–H groups in total. The fraction of sp³-hybridized carbons (Fsp3) is 0.286. The number of hydrogen-bond acceptors (Lipinski definition) is 6. The Morgan fingerprint density at radius 3 is 2.97 bits per heavy atom. The topological polar surface area (TPSA) is 86.9 Å². The molecule has 1 fully saturated rings. The largest absolute Gasteiger partial charge is 0.489 e. The maximum absolute atomic E-state index is 12.6. The third kappa shape index (κ3) is 3.68. The number of rotatable bonds is 5. The van der Waals surface area contributed by atoms with Crippen molar-refractivity contribution >= 4 is 21.6 Å². The number of ether oxygens (including phenoxy) is 1. The van der Waals surface area contributed by atoms with E-state index in [-0.39, 0.29) is 11.7 Å². The van der Waals surface area contributed by atoms with Crippen LogP contribution in [0, 0.1) is 6.92 Å². The lowest BCUT2D eigenvalue weighted by Crippen LogP contribution is -2.26. The van der Waals surface area contributed by atoms with Gasteiger partial charge in [-0.15, -0.1) is 11.3 Å². The van der Waals surface area contributed by atoms with Gasteiger partial charge in [-0.05, 0) is 31.5 Å². The molecule has 1 atom stereocenters. The van der Waals surface area contributed by atoms with E-state index in [1.165, 1.54) is 11.3 Å². The van der Waals surface area contributed by atoms with Crippen LogP contribution in [0.4, 0.5) is 0 Å². The Morgan fingerprint density at radius 1 is 1.31 bits per heavy atom. The normalized spacial score (nSPS) is 17.2. The van der Waals surface area contributed by atoms with E-state index < -0.39 is 0 Å². The number of aromatic amines is 2. The molecule has 7 nitrogen and oxygen atoms in total. The van der Waals surface area contributed by atoms with Crippen molar-refractivity contribution in [3.63, 3.8) is 0 Å². The highest BCUT2D eigenvalue weighted by atomic mass is 32.1. The fourth-order valence-corrected chi connectivity index (χ4v) is 4.79. The highest BCUT2D eigenvalue weighted by Gasteiger charge is 2.25. The summed E-state index contributed by atoms with van der Waals surface area (Å²) in [4.78, 5) is 23.5. The number of thiophene rings is 1. The average molecular weight is 407 g/mol. The SMILES string of the molecule is Cc1[nH]ncc1-c1cc2nc(CN3CCC(Oc4ccccc4)C3)[nH]c(=O)c2s1. The van der Waals surface area contributed by atoms with Crippen LogP contribution < -0.4 is 10.3 Å². The molecule has 1 aliphatic rings. The van der Waals surface area contributed by atoms with Crippen molar-refractivity contribution in [3.05, 3.63) is 64.5 Å². The highest BCUT2D eigenvalue weighted by molar-refractivity contribution is 7.22. The average Bonchev–Trinajstić information content (AvgIpc) is 3.43. The van der Waals surface area contributed by atoms with Gasteiger partial charge < -0.3 is 9.72 Å². The van der Waals surface area contributed by atoms with E-state index >= 15 is 0 Å². The summed E-state index contributed by atoms with van der Waals surface area (Å²) in [5, 5.41) is 7.01. The smallest absolute Gasteiger partial charge is 0.268 e. The van der Waals surface area contributed by atoms with Crippen molar-refractivity contribution in [2.45, 2.75) is 26.0 Å². The second kappa shape index (κ2) is 7.46. The van der Waals surface area contributed by atoms with Crippen LogP contribution in [0.3, 0.4) is 0 Å². The Hall–Kier alpha value is -2.97. The summed E-state index contributed by atoms with van der Waals surface area (Å²) in [6.07, 6.45) is 2.90. The van der Waals surface area contributed by atoms with Gasteiger partial charge in [-0.25, -0.2) is 4.98 Å². The van der Waals surface area contributed by atoms with Crippen molar-refractivity contribution in [1.82, 2.24) is 25.1 Å². The Bertz CT molecular complexity index is 1200. The van der Waals surface area contributed by atoms with Crippen LogP contribution in [-0.4, -0.2) is 44.3 Å². The van der Waals surface area contributed by atoms with Gasteiger partial charge in [0.15, 0.2) is 0 Å². The molecule has 0 aliphatic carbocycles. The van der Waals surface area contributed by atoms with Crippen LogP contribution in [0.1, 0.15) is 17.9 Å². The third-order valence-electron chi connectivity index (χ3n) is 5.18. The minimum absolute atomic E-state index is 0.0846. The van der Waals surface area contributed by atoms with Gasteiger partial charge in [-0.1, -0.05) is 18.2 Å². The number of nitrogens with zero attached hydrogens (tertiary/aromatic N) is 3. The summed E-state index contributed by atoms with van der Waals surface area (Å²) in [5.74, 6) is 1.59. The molecule has 1 aliphatic heterocycles. The summed E-state index contributed by atoms with van der Waals surface area (Å²) in [7, 11) is 0. The van der Waals surface area contributed by atoms with Crippen molar-refractivity contribution in [2.24, 2.45) is 0 Å². The van der Waals surface area contributed by atoms with Gasteiger partial charge in [0.2, 0.25) is 0 Å². The number of hydrogen-bond donors (Lipinski definition) is 2. The van der Waals surface area contributed by atoms with Crippen LogP contribution in [0.25, 0.3) is 20.7 Å². The Kier molecular flexibility index (Phi) is 4.65. The monoisotopic (exact) mass is 407 g/mol. The molecule has 1 unspecified atom stereocenters.